The standard InChI is InChI=1S/C13H15NO/c1-10-6-11(2)8-13(7-10)14-5-3-4-12(14)9-15/h3-8,15H,9H2,1-2H3. The van der Waals surface area contributed by atoms with E-state index in [9.17, 15) is 5.11 Å². The molecule has 0 aliphatic carbocycles. The maximum atomic E-state index is 9.19. The largest absolute Gasteiger partial charge is 0.390 e. The third kappa shape index (κ3) is 1.95. The van der Waals surface area contributed by atoms with Crippen molar-refractivity contribution in [1.82, 2.24) is 4.57 Å². The van der Waals surface area contributed by atoms with Gasteiger partial charge in [0.1, 0.15) is 0 Å². The molecule has 0 fully saturated rings. The van der Waals surface area contributed by atoms with Crippen LogP contribution < -0.4 is 0 Å². The molecule has 78 valence electrons. The number of rotatable bonds is 2. The van der Waals surface area contributed by atoms with Crippen LogP contribution in [0.15, 0.2) is 36.5 Å². The molecule has 0 amide bonds. The first-order chi connectivity index (χ1) is 7.20. The Morgan fingerprint density at radius 3 is 2.40 bits per heavy atom. The lowest BCUT2D eigenvalue weighted by molar-refractivity contribution is 0.274. The lowest BCUT2D eigenvalue weighted by Crippen LogP contribution is -1.99. The predicted octanol–water partition coefficient (Wildman–Crippen LogP) is 2.59. The summed E-state index contributed by atoms with van der Waals surface area (Å²) in [4.78, 5) is 0. The Morgan fingerprint density at radius 2 is 1.80 bits per heavy atom. The van der Waals surface area contributed by atoms with Gasteiger partial charge in [0, 0.05) is 17.6 Å². The lowest BCUT2D eigenvalue weighted by atomic mass is 10.1. The van der Waals surface area contributed by atoms with Crippen LogP contribution in [0.5, 0.6) is 0 Å². The number of aromatic nitrogens is 1. The van der Waals surface area contributed by atoms with Crippen molar-refractivity contribution in [2.24, 2.45) is 0 Å². The van der Waals surface area contributed by atoms with Gasteiger partial charge in [-0.25, -0.2) is 0 Å². The Morgan fingerprint density at radius 1 is 1.13 bits per heavy atom. The van der Waals surface area contributed by atoms with E-state index < -0.39 is 0 Å². The molecule has 2 nitrogen and oxygen atoms in total. The van der Waals surface area contributed by atoms with E-state index in [4.69, 9.17) is 0 Å². The molecule has 1 aromatic carbocycles. The molecule has 2 aromatic rings. The second-order valence-corrected chi connectivity index (χ2v) is 3.87. The molecule has 1 aromatic heterocycles. The van der Waals surface area contributed by atoms with E-state index in [1.165, 1.54) is 11.1 Å². The molecule has 0 aliphatic rings. The summed E-state index contributed by atoms with van der Waals surface area (Å²) in [6, 6.07) is 10.3. The van der Waals surface area contributed by atoms with Crippen molar-refractivity contribution in [2.75, 3.05) is 0 Å². The number of hydrogen-bond acceptors (Lipinski definition) is 1. The van der Waals surface area contributed by atoms with Gasteiger partial charge >= 0.3 is 0 Å². The van der Waals surface area contributed by atoms with Gasteiger partial charge in [-0.1, -0.05) is 6.07 Å². The van der Waals surface area contributed by atoms with Crippen molar-refractivity contribution in [2.45, 2.75) is 20.5 Å². The summed E-state index contributed by atoms with van der Waals surface area (Å²) in [5.41, 5.74) is 4.51. The molecule has 2 rings (SSSR count). The monoisotopic (exact) mass is 201 g/mol. The molecule has 0 radical (unpaired) electrons. The summed E-state index contributed by atoms with van der Waals surface area (Å²) in [7, 11) is 0. The number of aryl methyl sites for hydroxylation is 2. The highest BCUT2D eigenvalue weighted by molar-refractivity contribution is 5.41. The Balaban J connectivity index is 2.53. The molecule has 0 spiro atoms. The summed E-state index contributed by atoms with van der Waals surface area (Å²) in [6.07, 6.45) is 1.97. The van der Waals surface area contributed by atoms with Gasteiger partial charge in [0.05, 0.1) is 6.61 Å². The van der Waals surface area contributed by atoms with Gasteiger partial charge in [-0.3, -0.25) is 0 Å². The SMILES string of the molecule is Cc1cc(C)cc(-n2cccc2CO)c1. The predicted molar refractivity (Wildman–Crippen MR) is 61.2 cm³/mol. The normalized spacial score (nSPS) is 10.6. The minimum atomic E-state index is 0.0694. The van der Waals surface area contributed by atoms with E-state index in [-0.39, 0.29) is 6.61 Å². The molecular formula is C13H15NO. The molecule has 0 unspecified atom stereocenters. The van der Waals surface area contributed by atoms with E-state index >= 15 is 0 Å². The quantitative estimate of drug-likeness (QED) is 0.793. The number of hydrogen-bond donors (Lipinski definition) is 1. The fourth-order valence-corrected chi connectivity index (χ4v) is 1.89. The van der Waals surface area contributed by atoms with Gasteiger partial charge < -0.3 is 9.67 Å². The van der Waals surface area contributed by atoms with Gasteiger partial charge in [0.25, 0.3) is 0 Å². The van der Waals surface area contributed by atoms with E-state index in [0.717, 1.165) is 11.4 Å². The number of benzene rings is 1. The van der Waals surface area contributed by atoms with Crippen LogP contribution in [0.1, 0.15) is 16.8 Å². The summed E-state index contributed by atoms with van der Waals surface area (Å²) >= 11 is 0. The third-order valence-electron chi connectivity index (χ3n) is 2.48. The van der Waals surface area contributed by atoms with Crippen LogP contribution in [0.3, 0.4) is 0 Å². The summed E-state index contributed by atoms with van der Waals surface area (Å²) in [5, 5.41) is 9.19. The Labute approximate surface area is 89.8 Å². The average molecular weight is 201 g/mol. The maximum Gasteiger partial charge on any atom is 0.0836 e. The van der Waals surface area contributed by atoms with Crippen molar-refractivity contribution in [3.05, 3.63) is 53.3 Å². The molecule has 0 bridgehead atoms. The molecule has 1 N–H and O–H groups in total. The van der Waals surface area contributed by atoms with Crippen LogP contribution in [0.2, 0.25) is 0 Å². The highest BCUT2D eigenvalue weighted by Crippen LogP contribution is 2.16. The molecule has 0 atom stereocenters. The maximum absolute atomic E-state index is 9.19. The topological polar surface area (TPSA) is 25.2 Å². The van der Waals surface area contributed by atoms with Gasteiger partial charge in [-0.05, 0) is 49.2 Å². The Bertz CT molecular complexity index is 451. The van der Waals surface area contributed by atoms with E-state index in [0.29, 0.717) is 0 Å². The molecular weight excluding hydrogens is 186 g/mol. The van der Waals surface area contributed by atoms with Crippen LogP contribution in [0, 0.1) is 13.8 Å². The van der Waals surface area contributed by atoms with Crippen molar-refractivity contribution in [1.29, 1.82) is 0 Å². The smallest absolute Gasteiger partial charge is 0.0836 e. The highest BCUT2D eigenvalue weighted by Gasteiger charge is 2.02. The zero-order valence-electron chi connectivity index (χ0n) is 9.07. The molecule has 1 heterocycles. The van der Waals surface area contributed by atoms with Crippen LogP contribution in [-0.2, 0) is 6.61 Å². The highest BCUT2D eigenvalue weighted by atomic mass is 16.3. The lowest BCUT2D eigenvalue weighted by Gasteiger charge is -2.09. The van der Waals surface area contributed by atoms with Gasteiger partial charge in [-0.15, -0.1) is 0 Å². The second kappa shape index (κ2) is 3.91. The van der Waals surface area contributed by atoms with Crippen molar-refractivity contribution in [3.63, 3.8) is 0 Å². The number of aliphatic hydroxyl groups is 1. The van der Waals surface area contributed by atoms with Crippen molar-refractivity contribution in [3.8, 4) is 5.69 Å². The Hall–Kier alpha value is -1.54. The van der Waals surface area contributed by atoms with Crippen molar-refractivity contribution >= 4 is 0 Å². The summed E-state index contributed by atoms with van der Waals surface area (Å²) in [6.45, 7) is 4.23. The first-order valence-corrected chi connectivity index (χ1v) is 5.06. The van der Waals surface area contributed by atoms with E-state index in [1.807, 2.05) is 22.9 Å². The average Bonchev–Trinajstić information content (AvgIpc) is 2.63. The fraction of sp³-hybridized carbons (Fsp3) is 0.231. The van der Waals surface area contributed by atoms with Gasteiger partial charge in [0.2, 0.25) is 0 Å². The first kappa shape index (κ1) is 9.99. The molecule has 0 saturated heterocycles. The molecule has 0 aliphatic heterocycles. The zero-order valence-corrected chi connectivity index (χ0v) is 9.07. The summed E-state index contributed by atoms with van der Waals surface area (Å²) < 4.78 is 2.01. The zero-order chi connectivity index (χ0) is 10.8. The van der Waals surface area contributed by atoms with Gasteiger partial charge in [-0.2, -0.15) is 0 Å². The van der Waals surface area contributed by atoms with Crippen LogP contribution >= 0.6 is 0 Å². The first-order valence-electron chi connectivity index (χ1n) is 5.06. The van der Waals surface area contributed by atoms with Crippen LogP contribution in [-0.4, -0.2) is 9.67 Å². The molecule has 2 heteroatoms. The van der Waals surface area contributed by atoms with Crippen LogP contribution in [0.25, 0.3) is 5.69 Å². The molecule has 15 heavy (non-hydrogen) atoms. The fourth-order valence-electron chi connectivity index (χ4n) is 1.89. The second-order valence-electron chi connectivity index (χ2n) is 3.87. The van der Waals surface area contributed by atoms with E-state index in [1.54, 1.807) is 0 Å². The number of nitrogens with zero attached hydrogens (tertiary/aromatic N) is 1. The number of aliphatic hydroxyl groups excluding tert-OH is 1. The van der Waals surface area contributed by atoms with E-state index in [2.05, 4.69) is 32.0 Å². The third-order valence-corrected chi connectivity index (χ3v) is 2.48. The van der Waals surface area contributed by atoms with Crippen LogP contribution in [0.4, 0.5) is 0 Å². The van der Waals surface area contributed by atoms with Gasteiger partial charge in [0.15, 0.2) is 0 Å². The minimum Gasteiger partial charge on any atom is -0.390 e. The summed E-state index contributed by atoms with van der Waals surface area (Å²) in [5.74, 6) is 0. The van der Waals surface area contributed by atoms with Crippen molar-refractivity contribution < 1.29 is 5.11 Å². The Kier molecular flexibility index (Phi) is 2.60. The minimum absolute atomic E-state index is 0.0694. The molecule has 0 saturated carbocycles.